The number of allylic oxidation sites excluding steroid dienone is 3. The molecule has 4 atom stereocenters. The molecule has 0 heterocycles. The second-order valence-corrected chi connectivity index (χ2v) is 11.3. The van der Waals surface area contributed by atoms with Crippen molar-refractivity contribution in [1.82, 2.24) is 4.90 Å². The number of fused-ring (bicyclic) bond motifs is 3. The SMILES string of the molecule is CCc1cc(C#CC2=CCCCC2)c(O)c2c1C[C@H]1C[C@H]3[C@@H](N(C)C)C(O)=C(C(N)=O)C(=O)[C@@]3(O)C(O)=C1C2=O. The van der Waals surface area contributed by atoms with E-state index in [1.807, 2.05) is 6.92 Å². The molecule has 0 bridgehead atoms. The third-order valence-corrected chi connectivity index (χ3v) is 8.84. The third-order valence-electron chi connectivity index (χ3n) is 8.84. The van der Waals surface area contributed by atoms with Gasteiger partial charge in [-0.05, 0) is 87.7 Å². The van der Waals surface area contributed by atoms with Gasteiger partial charge in [-0.3, -0.25) is 19.3 Å². The first kappa shape index (κ1) is 27.7. The number of aryl methyl sites for hydroxylation is 1. The number of aliphatic hydroxyl groups is 3. The molecule has 9 nitrogen and oxygen atoms in total. The van der Waals surface area contributed by atoms with Crippen LogP contribution in [0.15, 0.2) is 40.4 Å². The van der Waals surface area contributed by atoms with Gasteiger partial charge in [0.25, 0.3) is 5.91 Å². The van der Waals surface area contributed by atoms with Crippen LogP contribution in [0.1, 0.15) is 66.1 Å². The van der Waals surface area contributed by atoms with E-state index in [1.54, 1.807) is 20.2 Å². The summed E-state index contributed by atoms with van der Waals surface area (Å²) in [7, 11) is 3.21. The topological polar surface area (TPSA) is 161 Å². The van der Waals surface area contributed by atoms with Crippen molar-refractivity contribution in [2.75, 3.05) is 14.1 Å². The Kier molecular flexibility index (Phi) is 6.89. The summed E-state index contributed by atoms with van der Waals surface area (Å²) in [4.78, 5) is 41.1. The number of Topliss-reactive ketones (excluding diaryl/α,β-unsaturated/α-hetero) is 2. The highest BCUT2D eigenvalue weighted by atomic mass is 16.3. The normalized spacial score (nSPS) is 27.9. The molecule has 0 saturated carbocycles. The number of carbonyl (C=O) groups excluding carboxylic acids is 3. The highest BCUT2D eigenvalue weighted by molar-refractivity contribution is 6.24. The molecule has 9 heteroatoms. The predicted octanol–water partition coefficient (Wildman–Crippen LogP) is 2.53. The first-order valence-electron chi connectivity index (χ1n) is 13.7. The summed E-state index contributed by atoms with van der Waals surface area (Å²) in [6, 6.07) is 0.780. The van der Waals surface area contributed by atoms with Gasteiger partial charge < -0.3 is 26.2 Å². The summed E-state index contributed by atoms with van der Waals surface area (Å²) in [6.07, 6.45) is 6.96. The van der Waals surface area contributed by atoms with Crippen LogP contribution in [0, 0.1) is 23.7 Å². The fraction of sp³-hybridized carbons (Fsp3) is 0.452. The lowest BCUT2D eigenvalue weighted by atomic mass is 9.58. The average molecular weight is 547 g/mol. The fourth-order valence-corrected chi connectivity index (χ4v) is 6.91. The van der Waals surface area contributed by atoms with Crippen LogP contribution in [0.4, 0.5) is 0 Å². The highest BCUT2D eigenvalue weighted by Gasteiger charge is 2.63. The molecule has 1 amide bonds. The third kappa shape index (κ3) is 3.97. The van der Waals surface area contributed by atoms with E-state index in [0.29, 0.717) is 17.5 Å². The summed E-state index contributed by atoms with van der Waals surface area (Å²) >= 11 is 0. The minimum atomic E-state index is -2.65. The molecule has 4 aliphatic rings. The maximum absolute atomic E-state index is 14.0. The van der Waals surface area contributed by atoms with Crippen LogP contribution >= 0.6 is 0 Å². The lowest BCUT2D eigenvalue weighted by Gasteiger charge is -2.50. The summed E-state index contributed by atoms with van der Waals surface area (Å²) in [5.41, 5.74) is 4.51. The Morgan fingerprint density at radius 3 is 2.50 bits per heavy atom. The quantitative estimate of drug-likeness (QED) is 0.285. The number of amides is 1. The Morgan fingerprint density at radius 2 is 1.90 bits per heavy atom. The van der Waals surface area contributed by atoms with E-state index in [1.165, 1.54) is 4.90 Å². The molecule has 40 heavy (non-hydrogen) atoms. The van der Waals surface area contributed by atoms with Crippen molar-refractivity contribution in [3.63, 3.8) is 0 Å². The maximum atomic E-state index is 14.0. The molecule has 0 radical (unpaired) electrons. The van der Waals surface area contributed by atoms with Crippen molar-refractivity contribution in [2.45, 2.75) is 63.5 Å². The van der Waals surface area contributed by atoms with Gasteiger partial charge in [-0.25, -0.2) is 0 Å². The first-order chi connectivity index (χ1) is 18.9. The second-order valence-electron chi connectivity index (χ2n) is 11.3. The van der Waals surface area contributed by atoms with E-state index in [2.05, 4.69) is 17.9 Å². The van der Waals surface area contributed by atoms with E-state index in [9.17, 15) is 34.8 Å². The number of benzene rings is 1. The molecule has 5 rings (SSSR count). The molecule has 0 aliphatic heterocycles. The van der Waals surface area contributed by atoms with Gasteiger partial charge in [0.05, 0.1) is 17.2 Å². The molecule has 0 saturated heterocycles. The smallest absolute Gasteiger partial charge is 0.255 e. The van der Waals surface area contributed by atoms with Gasteiger partial charge >= 0.3 is 0 Å². The number of carbonyl (C=O) groups is 3. The van der Waals surface area contributed by atoms with Gasteiger partial charge in [0.2, 0.25) is 5.78 Å². The van der Waals surface area contributed by atoms with Crippen LogP contribution in [0.5, 0.6) is 5.75 Å². The zero-order valence-corrected chi connectivity index (χ0v) is 22.9. The lowest BCUT2D eigenvalue weighted by molar-refractivity contribution is -0.148. The number of phenolic OH excluding ortho intramolecular Hbond substituents is 1. The summed E-state index contributed by atoms with van der Waals surface area (Å²) < 4.78 is 0. The Balaban J connectivity index is 1.68. The number of aromatic hydroxyl groups is 1. The van der Waals surface area contributed by atoms with Crippen molar-refractivity contribution in [3.8, 4) is 17.6 Å². The van der Waals surface area contributed by atoms with Crippen molar-refractivity contribution < 1.29 is 34.8 Å². The number of likely N-dealkylation sites (N-methyl/N-ethyl adjacent to an activating group) is 1. The van der Waals surface area contributed by atoms with E-state index >= 15 is 0 Å². The Bertz CT molecular complexity index is 1500. The number of rotatable bonds is 3. The second kappa shape index (κ2) is 9.95. The zero-order chi connectivity index (χ0) is 29.1. The molecule has 0 fully saturated rings. The summed E-state index contributed by atoms with van der Waals surface area (Å²) in [6.45, 7) is 1.94. The van der Waals surface area contributed by atoms with Gasteiger partial charge in [-0.15, -0.1) is 0 Å². The number of ketones is 2. The standard InChI is InChI=1S/C31H34N2O7/c1-4-16-12-17(11-10-15-8-6-5-7-9-15)25(34)22-19(16)13-18-14-20-24(33(2)3)27(36)23(30(32)39)29(38)31(20,40)28(37)21(18)26(22)35/h8,12,18,20,24,34,36-37,40H,4-7,9,13-14H2,1-3H3,(H2,32,39)/t18-,20-,24+,31-/m0/s1. The minimum absolute atomic E-state index is 0.00190. The van der Waals surface area contributed by atoms with Crippen LogP contribution < -0.4 is 5.73 Å². The molecule has 1 aromatic carbocycles. The largest absolute Gasteiger partial charge is 0.510 e. The van der Waals surface area contributed by atoms with Gasteiger partial charge in [0, 0.05) is 11.5 Å². The average Bonchev–Trinajstić information content (AvgIpc) is 2.90. The number of aliphatic hydroxyl groups excluding tert-OH is 2. The first-order valence-corrected chi connectivity index (χ1v) is 13.7. The molecule has 0 unspecified atom stereocenters. The number of primary amides is 1. The van der Waals surface area contributed by atoms with Crippen LogP contribution in [-0.2, 0) is 22.4 Å². The van der Waals surface area contributed by atoms with Crippen molar-refractivity contribution in [1.29, 1.82) is 0 Å². The van der Waals surface area contributed by atoms with Crippen LogP contribution in [-0.4, -0.2) is 68.5 Å². The van der Waals surface area contributed by atoms with Crippen molar-refractivity contribution in [2.24, 2.45) is 17.6 Å². The molecule has 210 valence electrons. The van der Waals surface area contributed by atoms with Crippen molar-refractivity contribution in [3.05, 3.63) is 62.6 Å². The van der Waals surface area contributed by atoms with E-state index in [4.69, 9.17) is 5.73 Å². The van der Waals surface area contributed by atoms with Gasteiger partial charge in [-0.2, -0.15) is 0 Å². The van der Waals surface area contributed by atoms with E-state index in [-0.39, 0.29) is 29.7 Å². The molecule has 6 N–H and O–H groups in total. The van der Waals surface area contributed by atoms with Crippen molar-refractivity contribution >= 4 is 17.5 Å². The molecule has 4 aliphatic carbocycles. The van der Waals surface area contributed by atoms with Gasteiger partial charge in [0.1, 0.15) is 22.8 Å². The highest BCUT2D eigenvalue weighted by Crippen LogP contribution is 2.52. The van der Waals surface area contributed by atoms with Gasteiger partial charge in [0.15, 0.2) is 11.4 Å². The van der Waals surface area contributed by atoms with Gasteiger partial charge in [-0.1, -0.05) is 24.8 Å². The fourth-order valence-electron chi connectivity index (χ4n) is 6.91. The number of phenols is 1. The Hall–Kier alpha value is -3.87. The van der Waals surface area contributed by atoms with Crippen LogP contribution in [0.2, 0.25) is 0 Å². The van der Waals surface area contributed by atoms with E-state index in [0.717, 1.165) is 36.8 Å². The number of nitrogens with zero attached hydrogens (tertiary/aromatic N) is 1. The molecule has 0 aromatic heterocycles. The number of nitrogens with two attached hydrogens (primary N) is 1. The minimum Gasteiger partial charge on any atom is -0.510 e. The van der Waals surface area contributed by atoms with E-state index < -0.39 is 58.0 Å². The summed E-state index contributed by atoms with van der Waals surface area (Å²) in [5, 5.41) is 45.4. The maximum Gasteiger partial charge on any atom is 0.255 e. The van der Waals surface area contributed by atoms with Crippen LogP contribution in [0.25, 0.3) is 0 Å². The predicted molar refractivity (Wildman–Crippen MR) is 146 cm³/mol. The number of hydrogen-bond acceptors (Lipinski definition) is 8. The summed E-state index contributed by atoms with van der Waals surface area (Å²) in [5.74, 6) is -0.455. The molecule has 0 spiro atoms. The Morgan fingerprint density at radius 1 is 1.18 bits per heavy atom. The van der Waals surface area contributed by atoms with Crippen LogP contribution in [0.3, 0.4) is 0 Å². The number of hydrogen-bond donors (Lipinski definition) is 5. The molecular weight excluding hydrogens is 512 g/mol. The monoisotopic (exact) mass is 546 g/mol. The molecular formula is C31H34N2O7. The molecule has 1 aromatic rings. The Labute approximate surface area is 232 Å². The zero-order valence-electron chi connectivity index (χ0n) is 22.9. The lowest BCUT2D eigenvalue weighted by Crippen LogP contribution is -2.63.